The van der Waals surface area contributed by atoms with Crippen LogP contribution < -0.4 is 0 Å². The van der Waals surface area contributed by atoms with Crippen LogP contribution in [0, 0.1) is 11.2 Å². The van der Waals surface area contributed by atoms with E-state index in [0.29, 0.717) is 19.1 Å². The first kappa shape index (κ1) is 12.2. The average Bonchev–Trinajstić information content (AvgIpc) is 2.54. The molecule has 0 aromatic rings. The van der Waals surface area contributed by atoms with Crippen LogP contribution in [0.25, 0.3) is 0 Å². The molecule has 0 aliphatic carbocycles. The first-order valence-electron chi connectivity index (χ1n) is 5.59. The fourth-order valence-electron chi connectivity index (χ4n) is 1.69. The molecule has 1 N–H and O–H groups in total. The summed E-state index contributed by atoms with van der Waals surface area (Å²) in [5.41, 5.74) is 0. The molecule has 1 atom stereocenters. The van der Waals surface area contributed by atoms with Gasteiger partial charge in [0.15, 0.2) is 0 Å². The molecule has 1 amide bonds. The third-order valence-corrected chi connectivity index (χ3v) is 2.64. The zero-order valence-electron chi connectivity index (χ0n) is 9.53. The first-order valence-corrected chi connectivity index (χ1v) is 5.59. The van der Waals surface area contributed by atoms with Crippen LogP contribution in [0.2, 0.25) is 0 Å². The Bertz CT molecular complexity index is 233. The van der Waals surface area contributed by atoms with Crippen LogP contribution in [0.3, 0.4) is 0 Å². The van der Waals surface area contributed by atoms with E-state index in [9.17, 15) is 4.79 Å². The molecular weight excluding hydrogens is 191 g/mol. The molecule has 1 saturated heterocycles. The van der Waals surface area contributed by atoms with Gasteiger partial charge in [-0.15, -0.1) is 0 Å². The number of nitrogens with zero attached hydrogens (tertiary/aromatic N) is 1. The van der Waals surface area contributed by atoms with Crippen LogP contribution in [0.1, 0.15) is 33.1 Å². The van der Waals surface area contributed by atoms with Crippen LogP contribution in [0.15, 0.2) is 0 Å². The number of hydrogen-bond donors (Lipinski definition) is 1. The van der Waals surface area contributed by atoms with Crippen LogP contribution >= 0.6 is 0 Å². The predicted molar refractivity (Wildman–Crippen MR) is 59.0 cm³/mol. The fourth-order valence-corrected chi connectivity index (χ4v) is 1.69. The molecule has 0 aromatic heterocycles. The molecule has 4 nitrogen and oxygen atoms in total. The summed E-state index contributed by atoms with van der Waals surface area (Å²) in [4.78, 5) is 12.9. The summed E-state index contributed by atoms with van der Waals surface area (Å²) < 4.78 is 4.88. The standard InChI is InChI=1S/C10H19BN2O2/c1-8(2)5-3-4-6-13-9(11-12)7-15-10(13)14/h8-9,12H,3-7H2,1-2H3/t9-/m0/s1. The predicted octanol–water partition coefficient (Wildman–Crippen LogP) is 2.06. The molecule has 0 bridgehead atoms. The van der Waals surface area contributed by atoms with E-state index in [2.05, 4.69) is 13.8 Å². The van der Waals surface area contributed by atoms with Crippen molar-refractivity contribution >= 4 is 13.2 Å². The van der Waals surface area contributed by atoms with E-state index in [0.717, 1.165) is 12.8 Å². The van der Waals surface area contributed by atoms with Crippen LogP contribution in [-0.2, 0) is 4.74 Å². The molecule has 15 heavy (non-hydrogen) atoms. The number of carbonyl (C=O) groups is 1. The molecule has 1 rings (SSSR count). The Morgan fingerprint density at radius 3 is 2.93 bits per heavy atom. The minimum absolute atomic E-state index is 0.142. The Morgan fingerprint density at radius 2 is 2.33 bits per heavy atom. The maximum atomic E-state index is 11.3. The Kier molecular flexibility index (Phi) is 4.79. The third kappa shape index (κ3) is 3.65. The summed E-state index contributed by atoms with van der Waals surface area (Å²) in [6.45, 7) is 5.45. The van der Waals surface area contributed by atoms with Gasteiger partial charge in [0.2, 0.25) is 0 Å². The number of hydrogen-bond acceptors (Lipinski definition) is 3. The van der Waals surface area contributed by atoms with E-state index in [4.69, 9.17) is 10.0 Å². The molecule has 1 heterocycles. The summed E-state index contributed by atoms with van der Waals surface area (Å²) in [7, 11) is 1.29. The molecular formula is C10H19BN2O2. The maximum absolute atomic E-state index is 11.3. The quantitative estimate of drug-likeness (QED) is 0.538. The van der Waals surface area contributed by atoms with Crippen LogP contribution in [0.5, 0.6) is 0 Å². The Morgan fingerprint density at radius 1 is 1.60 bits per heavy atom. The summed E-state index contributed by atoms with van der Waals surface area (Å²) in [5.74, 6) is 0.575. The topological polar surface area (TPSA) is 53.4 Å². The Balaban J connectivity index is 2.24. The molecule has 5 heteroatoms. The molecule has 0 radical (unpaired) electrons. The van der Waals surface area contributed by atoms with Crippen molar-refractivity contribution in [2.24, 2.45) is 5.92 Å². The number of unbranched alkanes of at least 4 members (excludes halogenated alkanes) is 1. The van der Waals surface area contributed by atoms with E-state index in [1.54, 1.807) is 4.90 Å². The van der Waals surface area contributed by atoms with Crippen molar-refractivity contribution in [3.63, 3.8) is 0 Å². The number of rotatable bonds is 6. The van der Waals surface area contributed by atoms with Crippen molar-refractivity contribution in [1.82, 2.24) is 4.90 Å². The van der Waals surface area contributed by atoms with Gasteiger partial charge >= 0.3 is 91.0 Å². The van der Waals surface area contributed by atoms with E-state index in [1.165, 1.54) is 13.5 Å². The van der Waals surface area contributed by atoms with Gasteiger partial charge < -0.3 is 0 Å². The normalized spacial score (nSPS) is 20.6. The van der Waals surface area contributed by atoms with E-state index < -0.39 is 0 Å². The van der Waals surface area contributed by atoms with Crippen molar-refractivity contribution in [3.05, 3.63) is 0 Å². The summed E-state index contributed by atoms with van der Waals surface area (Å²) in [6.07, 6.45) is 3.05. The summed E-state index contributed by atoms with van der Waals surface area (Å²) >= 11 is 0. The van der Waals surface area contributed by atoms with Gasteiger partial charge in [0.05, 0.1) is 0 Å². The van der Waals surface area contributed by atoms with E-state index >= 15 is 0 Å². The van der Waals surface area contributed by atoms with Gasteiger partial charge in [0.1, 0.15) is 0 Å². The molecule has 0 unspecified atom stereocenters. The van der Waals surface area contributed by atoms with Crippen LogP contribution in [0.4, 0.5) is 4.79 Å². The first-order chi connectivity index (χ1) is 7.15. The van der Waals surface area contributed by atoms with E-state index in [1.807, 2.05) is 0 Å². The zero-order chi connectivity index (χ0) is 11.3. The van der Waals surface area contributed by atoms with Gasteiger partial charge in [-0.05, 0) is 0 Å². The molecule has 0 spiro atoms. The second kappa shape index (κ2) is 5.88. The number of ether oxygens (including phenoxy) is 1. The molecule has 84 valence electrons. The average molecular weight is 210 g/mol. The Hall–Kier alpha value is -0.865. The Labute approximate surface area is 91.7 Å². The number of carbonyl (C=O) groups excluding carboxylic acids is 1. The van der Waals surface area contributed by atoms with Gasteiger partial charge in [-0.2, -0.15) is 0 Å². The van der Waals surface area contributed by atoms with Gasteiger partial charge in [-0.1, -0.05) is 0 Å². The second-order valence-electron chi connectivity index (χ2n) is 4.39. The molecule has 1 aliphatic rings. The SMILES string of the molecule is CC(C)CCCCN1C(=O)OC[C@H]1B=N. The fraction of sp³-hybridized carbons (Fsp3) is 0.900. The number of amides is 1. The van der Waals surface area contributed by atoms with Crippen molar-refractivity contribution in [3.8, 4) is 0 Å². The number of cyclic esters (lactones) is 1. The van der Waals surface area contributed by atoms with Gasteiger partial charge in [0, 0.05) is 0 Å². The van der Waals surface area contributed by atoms with Crippen molar-refractivity contribution in [1.29, 1.82) is 5.31 Å². The van der Waals surface area contributed by atoms with Gasteiger partial charge in [0.25, 0.3) is 0 Å². The molecule has 0 saturated carbocycles. The zero-order valence-corrected chi connectivity index (χ0v) is 9.53. The van der Waals surface area contributed by atoms with Gasteiger partial charge in [-0.3, -0.25) is 0 Å². The molecule has 1 fully saturated rings. The summed E-state index contributed by atoms with van der Waals surface area (Å²) in [6, 6.07) is 0. The van der Waals surface area contributed by atoms with E-state index in [-0.39, 0.29) is 12.0 Å². The molecule has 1 aliphatic heterocycles. The third-order valence-electron chi connectivity index (χ3n) is 2.64. The van der Waals surface area contributed by atoms with Crippen molar-refractivity contribution in [2.75, 3.05) is 13.2 Å². The van der Waals surface area contributed by atoms with Crippen molar-refractivity contribution in [2.45, 2.75) is 39.1 Å². The molecule has 0 aromatic carbocycles. The van der Waals surface area contributed by atoms with Gasteiger partial charge in [-0.25, -0.2) is 0 Å². The summed E-state index contributed by atoms with van der Waals surface area (Å²) in [5, 5.41) is 7.17. The minimum atomic E-state index is -0.270. The second-order valence-corrected chi connectivity index (χ2v) is 4.39. The monoisotopic (exact) mass is 210 g/mol. The number of nitrogens with one attached hydrogen (secondary N) is 1. The van der Waals surface area contributed by atoms with Crippen molar-refractivity contribution < 1.29 is 9.53 Å². The van der Waals surface area contributed by atoms with Crippen LogP contribution in [-0.4, -0.2) is 37.2 Å².